The quantitative estimate of drug-likeness (QED) is 0.325. The van der Waals surface area contributed by atoms with Crippen LogP contribution in [-0.2, 0) is 0 Å². The summed E-state index contributed by atoms with van der Waals surface area (Å²) < 4.78 is 7.60. The highest BCUT2D eigenvalue weighted by molar-refractivity contribution is 14.1. The van der Waals surface area contributed by atoms with Crippen LogP contribution in [0.1, 0.15) is 21.5 Å². The van der Waals surface area contributed by atoms with E-state index in [4.69, 9.17) is 16.3 Å². The van der Waals surface area contributed by atoms with Gasteiger partial charge in [0.1, 0.15) is 5.75 Å². The van der Waals surface area contributed by atoms with Gasteiger partial charge in [0.15, 0.2) is 0 Å². The molecule has 0 aliphatic rings. The van der Waals surface area contributed by atoms with Crippen LogP contribution in [0.25, 0.3) is 0 Å². The van der Waals surface area contributed by atoms with E-state index in [0.29, 0.717) is 5.02 Å². The molecular weight excluding hydrogens is 518 g/mol. The Morgan fingerprint density at radius 2 is 1.95 bits per heavy atom. The molecule has 0 aliphatic heterocycles. The van der Waals surface area contributed by atoms with Gasteiger partial charge in [0.2, 0.25) is 0 Å². The van der Waals surface area contributed by atoms with E-state index in [2.05, 4.69) is 79.6 Å². The Kier molecular flexibility index (Phi) is 5.79. The van der Waals surface area contributed by atoms with E-state index in [1.807, 2.05) is 12.1 Å². The second kappa shape index (κ2) is 6.99. The van der Waals surface area contributed by atoms with Crippen LogP contribution in [0, 0.1) is 10.5 Å². The lowest BCUT2D eigenvalue weighted by Crippen LogP contribution is -2.01. The van der Waals surface area contributed by atoms with Crippen molar-refractivity contribution in [3.8, 4) is 5.75 Å². The summed E-state index contributed by atoms with van der Waals surface area (Å²) in [5, 5.41) is 0.680. The van der Waals surface area contributed by atoms with Crippen molar-refractivity contribution in [1.29, 1.82) is 0 Å². The van der Waals surface area contributed by atoms with Gasteiger partial charge in [-0.3, -0.25) is 0 Å². The molecule has 0 radical (unpaired) electrons. The van der Waals surface area contributed by atoms with Crippen molar-refractivity contribution in [2.45, 2.75) is 11.8 Å². The molecule has 5 heteroatoms. The lowest BCUT2D eigenvalue weighted by atomic mass is 10.0. The number of halogens is 4. The number of hydrogen-bond acceptors (Lipinski definition) is 1. The first kappa shape index (κ1) is 16.6. The number of methoxy groups -OCH3 is 1. The predicted molar refractivity (Wildman–Crippen MR) is 100 cm³/mol. The van der Waals surface area contributed by atoms with E-state index in [9.17, 15) is 0 Å². The van der Waals surface area contributed by atoms with E-state index in [1.165, 1.54) is 14.7 Å². The summed E-state index contributed by atoms with van der Waals surface area (Å²) in [6.45, 7) is 2.11. The molecule has 2 rings (SSSR count). The second-order valence-electron chi connectivity index (χ2n) is 4.35. The smallest absolute Gasteiger partial charge is 0.137 e. The number of rotatable bonds is 3. The molecule has 0 aliphatic carbocycles. The van der Waals surface area contributed by atoms with Gasteiger partial charge in [-0.05, 0) is 68.7 Å². The largest absolute Gasteiger partial charge is 0.495 e. The Morgan fingerprint density at radius 3 is 2.60 bits per heavy atom. The zero-order valence-electron chi connectivity index (χ0n) is 10.9. The zero-order chi connectivity index (χ0) is 14.9. The highest BCUT2D eigenvalue weighted by Crippen LogP contribution is 2.43. The summed E-state index contributed by atoms with van der Waals surface area (Å²) in [6.07, 6.45) is 0. The van der Waals surface area contributed by atoms with Crippen molar-refractivity contribution in [2.24, 2.45) is 0 Å². The van der Waals surface area contributed by atoms with E-state index < -0.39 is 0 Å². The summed E-state index contributed by atoms with van der Waals surface area (Å²) in [5.74, 6) is 0.800. The van der Waals surface area contributed by atoms with Crippen molar-refractivity contribution in [2.75, 3.05) is 7.11 Å². The summed E-state index contributed by atoms with van der Waals surface area (Å²) in [5.41, 5.74) is 3.47. The maximum absolute atomic E-state index is 6.17. The van der Waals surface area contributed by atoms with E-state index in [0.717, 1.165) is 15.8 Å². The molecule has 0 aromatic heterocycles. The average molecular weight is 530 g/mol. The van der Waals surface area contributed by atoms with Crippen molar-refractivity contribution >= 4 is 66.1 Å². The van der Waals surface area contributed by atoms with E-state index in [1.54, 1.807) is 7.11 Å². The molecule has 0 saturated carbocycles. The van der Waals surface area contributed by atoms with Gasteiger partial charge in [-0.15, -0.1) is 0 Å². The van der Waals surface area contributed by atoms with Crippen LogP contribution in [0.2, 0.25) is 5.02 Å². The Bertz CT molecular complexity index is 646. The fraction of sp³-hybridized carbons (Fsp3) is 0.200. The lowest BCUT2D eigenvalue weighted by molar-refractivity contribution is 0.408. The zero-order valence-corrected chi connectivity index (χ0v) is 17.0. The molecule has 0 saturated heterocycles. The van der Waals surface area contributed by atoms with Gasteiger partial charge in [-0.1, -0.05) is 45.7 Å². The maximum Gasteiger partial charge on any atom is 0.137 e. The van der Waals surface area contributed by atoms with Gasteiger partial charge in [0.25, 0.3) is 0 Å². The minimum atomic E-state index is 0.0271. The minimum Gasteiger partial charge on any atom is -0.495 e. The van der Waals surface area contributed by atoms with E-state index in [-0.39, 0.29) is 4.83 Å². The minimum absolute atomic E-state index is 0.0271. The molecule has 0 spiro atoms. The molecule has 2 aromatic rings. The third kappa shape index (κ3) is 3.34. The molecular formula is C15H12Br2ClIO. The van der Waals surface area contributed by atoms with Gasteiger partial charge < -0.3 is 4.74 Å². The highest BCUT2D eigenvalue weighted by atomic mass is 127. The van der Waals surface area contributed by atoms with Gasteiger partial charge in [-0.25, -0.2) is 0 Å². The molecule has 0 heterocycles. The van der Waals surface area contributed by atoms with Gasteiger partial charge in [-0.2, -0.15) is 0 Å². The van der Waals surface area contributed by atoms with Crippen LogP contribution in [0.5, 0.6) is 5.75 Å². The molecule has 20 heavy (non-hydrogen) atoms. The van der Waals surface area contributed by atoms with E-state index >= 15 is 0 Å². The molecule has 2 aromatic carbocycles. The van der Waals surface area contributed by atoms with Crippen LogP contribution < -0.4 is 4.74 Å². The molecule has 1 unspecified atom stereocenters. The van der Waals surface area contributed by atoms with Crippen LogP contribution in [0.4, 0.5) is 0 Å². The number of aryl methyl sites for hydroxylation is 1. The Labute approximate surface area is 154 Å². The summed E-state index contributed by atoms with van der Waals surface area (Å²) >= 11 is 15.8. The fourth-order valence-corrected chi connectivity index (χ4v) is 4.83. The Balaban J connectivity index is 2.58. The monoisotopic (exact) mass is 528 g/mol. The lowest BCUT2D eigenvalue weighted by Gasteiger charge is -2.18. The van der Waals surface area contributed by atoms with Crippen molar-refractivity contribution in [3.63, 3.8) is 0 Å². The third-order valence-electron chi connectivity index (χ3n) is 3.01. The van der Waals surface area contributed by atoms with Gasteiger partial charge >= 0.3 is 0 Å². The first-order chi connectivity index (χ1) is 9.45. The molecule has 0 N–H and O–H groups in total. The first-order valence-corrected chi connectivity index (χ1v) is 9.04. The molecule has 0 bridgehead atoms. The SMILES string of the molecule is COc1c(Br)cc(Cl)cc1C(Br)c1cccc(C)c1I. The summed E-state index contributed by atoms with van der Waals surface area (Å²) in [7, 11) is 1.67. The number of benzene rings is 2. The van der Waals surface area contributed by atoms with Crippen LogP contribution in [-0.4, -0.2) is 7.11 Å². The second-order valence-corrected chi connectivity index (χ2v) is 7.64. The molecule has 106 valence electrons. The van der Waals surface area contributed by atoms with Crippen molar-refractivity contribution in [3.05, 3.63) is 60.1 Å². The molecule has 1 atom stereocenters. The van der Waals surface area contributed by atoms with Crippen molar-refractivity contribution < 1.29 is 4.74 Å². The number of ether oxygens (including phenoxy) is 1. The van der Waals surface area contributed by atoms with Crippen LogP contribution >= 0.6 is 66.1 Å². The standard InChI is InChI=1S/C15H12Br2ClIO/c1-8-4-3-5-10(14(8)19)13(17)11-6-9(18)7-12(16)15(11)20-2/h3-7,13H,1-2H3. The fourth-order valence-electron chi connectivity index (χ4n) is 2.02. The van der Waals surface area contributed by atoms with Crippen LogP contribution in [0.3, 0.4) is 0 Å². The average Bonchev–Trinajstić information content (AvgIpc) is 2.40. The normalized spacial score (nSPS) is 12.3. The summed E-state index contributed by atoms with van der Waals surface area (Å²) in [4.78, 5) is 0.0271. The summed E-state index contributed by atoms with van der Waals surface area (Å²) in [6, 6.07) is 10.1. The highest BCUT2D eigenvalue weighted by Gasteiger charge is 2.20. The van der Waals surface area contributed by atoms with Crippen LogP contribution in [0.15, 0.2) is 34.8 Å². The first-order valence-electron chi connectivity index (χ1n) is 5.87. The maximum atomic E-state index is 6.17. The predicted octanol–water partition coefficient (Wildman–Crippen LogP) is 6.51. The number of alkyl halides is 1. The Morgan fingerprint density at radius 1 is 1.25 bits per heavy atom. The Hall–Kier alpha value is 0.220. The molecule has 1 nitrogen and oxygen atoms in total. The van der Waals surface area contributed by atoms with Gasteiger partial charge in [0.05, 0.1) is 16.4 Å². The third-order valence-corrected chi connectivity index (χ3v) is 6.28. The number of hydrogen-bond donors (Lipinski definition) is 0. The molecule has 0 fully saturated rings. The van der Waals surface area contributed by atoms with Crippen molar-refractivity contribution in [1.82, 2.24) is 0 Å². The molecule has 0 amide bonds. The topological polar surface area (TPSA) is 9.23 Å². The van der Waals surface area contributed by atoms with Gasteiger partial charge in [0, 0.05) is 14.2 Å².